The topological polar surface area (TPSA) is 72.5 Å². The van der Waals surface area contributed by atoms with Crippen molar-refractivity contribution >= 4 is 23.1 Å². The number of carbonyl (C=O) groups excluding carboxylic acids is 1. The standard InChI is InChI=1S/C16H17N3O3/c1-2-3-16(20)19-15-7-5-12(9-17-15)18-11-4-6-13-14(8-11)22-10-21-13/h4-9,18H,2-3,10H2,1H3,(H,17,19,20). The van der Waals surface area contributed by atoms with Crippen LogP contribution in [0, 0.1) is 0 Å². The maximum Gasteiger partial charge on any atom is 0.231 e. The minimum absolute atomic E-state index is 0.0218. The molecule has 3 rings (SSSR count). The molecule has 0 spiro atoms. The molecule has 0 saturated heterocycles. The molecule has 1 aromatic carbocycles. The van der Waals surface area contributed by atoms with E-state index in [0.717, 1.165) is 29.3 Å². The van der Waals surface area contributed by atoms with Gasteiger partial charge in [-0.2, -0.15) is 0 Å². The van der Waals surface area contributed by atoms with Crippen molar-refractivity contribution in [3.8, 4) is 11.5 Å². The lowest BCUT2D eigenvalue weighted by atomic mass is 10.2. The lowest BCUT2D eigenvalue weighted by Gasteiger charge is -2.08. The number of benzene rings is 1. The van der Waals surface area contributed by atoms with Crippen LogP contribution in [-0.4, -0.2) is 17.7 Å². The first-order valence-electron chi connectivity index (χ1n) is 7.17. The zero-order valence-electron chi connectivity index (χ0n) is 12.3. The first-order valence-corrected chi connectivity index (χ1v) is 7.17. The van der Waals surface area contributed by atoms with Gasteiger partial charge in [-0.25, -0.2) is 4.98 Å². The highest BCUT2D eigenvalue weighted by Gasteiger charge is 2.13. The van der Waals surface area contributed by atoms with Crippen LogP contribution in [-0.2, 0) is 4.79 Å². The van der Waals surface area contributed by atoms with Crippen LogP contribution in [0.15, 0.2) is 36.5 Å². The van der Waals surface area contributed by atoms with Crippen LogP contribution in [0.4, 0.5) is 17.2 Å². The van der Waals surface area contributed by atoms with Gasteiger partial charge >= 0.3 is 0 Å². The minimum Gasteiger partial charge on any atom is -0.454 e. The fourth-order valence-corrected chi connectivity index (χ4v) is 2.12. The van der Waals surface area contributed by atoms with E-state index in [9.17, 15) is 4.79 Å². The number of carbonyl (C=O) groups is 1. The number of nitrogens with one attached hydrogen (secondary N) is 2. The van der Waals surface area contributed by atoms with E-state index in [2.05, 4.69) is 15.6 Å². The van der Waals surface area contributed by atoms with Gasteiger partial charge in [0.05, 0.1) is 11.9 Å². The van der Waals surface area contributed by atoms with Crippen LogP contribution in [0.5, 0.6) is 11.5 Å². The highest BCUT2D eigenvalue weighted by Crippen LogP contribution is 2.35. The number of fused-ring (bicyclic) bond motifs is 1. The second-order valence-corrected chi connectivity index (χ2v) is 4.92. The Hall–Kier alpha value is -2.76. The molecule has 2 aromatic rings. The largest absolute Gasteiger partial charge is 0.454 e. The molecule has 2 N–H and O–H groups in total. The van der Waals surface area contributed by atoms with E-state index in [-0.39, 0.29) is 12.7 Å². The molecule has 6 nitrogen and oxygen atoms in total. The van der Waals surface area contributed by atoms with Gasteiger partial charge in [-0.3, -0.25) is 4.79 Å². The number of ether oxygens (including phenoxy) is 2. The van der Waals surface area contributed by atoms with Gasteiger partial charge in [0.1, 0.15) is 5.82 Å². The SMILES string of the molecule is CCCC(=O)Nc1ccc(Nc2ccc3c(c2)OCO3)cn1. The second kappa shape index (κ2) is 6.34. The van der Waals surface area contributed by atoms with Crippen LogP contribution in [0.3, 0.4) is 0 Å². The van der Waals surface area contributed by atoms with Crippen molar-refractivity contribution in [3.05, 3.63) is 36.5 Å². The molecule has 114 valence electrons. The number of hydrogen-bond acceptors (Lipinski definition) is 5. The van der Waals surface area contributed by atoms with Crippen LogP contribution in [0.1, 0.15) is 19.8 Å². The van der Waals surface area contributed by atoms with Crippen molar-refractivity contribution in [1.82, 2.24) is 4.98 Å². The summed E-state index contributed by atoms with van der Waals surface area (Å²) in [6.45, 7) is 2.22. The van der Waals surface area contributed by atoms with Crippen LogP contribution in [0.2, 0.25) is 0 Å². The number of rotatable bonds is 5. The van der Waals surface area contributed by atoms with Gasteiger partial charge in [-0.1, -0.05) is 6.92 Å². The maximum absolute atomic E-state index is 11.5. The van der Waals surface area contributed by atoms with Crippen LogP contribution < -0.4 is 20.1 Å². The zero-order chi connectivity index (χ0) is 15.4. The van der Waals surface area contributed by atoms with Crippen molar-refractivity contribution in [2.24, 2.45) is 0 Å². The number of nitrogens with zero attached hydrogens (tertiary/aromatic N) is 1. The van der Waals surface area contributed by atoms with Crippen molar-refractivity contribution in [2.45, 2.75) is 19.8 Å². The van der Waals surface area contributed by atoms with Crippen molar-refractivity contribution in [3.63, 3.8) is 0 Å². The Kier molecular flexibility index (Phi) is 4.09. The van der Waals surface area contributed by atoms with Gasteiger partial charge in [0.25, 0.3) is 0 Å². The Morgan fingerprint density at radius 2 is 2.00 bits per heavy atom. The Bertz CT molecular complexity index is 671. The maximum atomic E-state index is 11.5. The smallest absolute Gasteiger partial charge is 0.231 e. The number of anilines is 3. The monoisotopic (exact) mass is 299 g/mol. The van der Waals surface area contributed by atoms with Gasteiger partial charge in [-0.05, 0) is 30.7 Å². The summed E-state index contributed by atoms with van der Waals surface area (Å²) in [5.74, 6) is 2.00. The molecule has 0 fully saturated rings. The Labute approximate surface area is 128 Å². The molecule has 1 aliphatic rings. The van der Waals surface area contributed by atoms with Gasteiger partial charge < -0.3 is 20.1 Å². The number of pyridine rings is 1. The first-order chi connectivity index (χ1) is 10.7. The molecule has 22 heavy (non-hydrogen) atoms. The number of amides is 1. The molecule has 1 aliphatic heterocycles. The van der Waals surface area contributed by atoms with Gasteiger partial charge in [0.2, 0.25) is 12.7 Å². The molecule has 1 aromatic heterocycles. The Morgan fingerprint density at radius 3 is 2.77 bits per heavy atom. The van der Waals surface area contributed by atoms with Crippen molar-refractivity contribution in [1.29, 1.82) is 0 Å². The van der Waals surface area contributed by atoms with Crippen molar-refractivity contribution < 1.29 is 14.3 Å². The van der Waals surface area contributed by atoms with Gasteiger partial charge in [0.15, 0.2) is 11.5 Å². The highest BCUT2D eigenvalue weighted by molar-refractivity contribution is 5.89. The first kappa shape index (κ1) is 14.2. The molecule has 6 heteroatoms. The molecule has 2 heterocycles. The van der Waals surface area contributed by atoms with Gasteiger partial charge in [-0.15, -0.1) is 0 Å². The van der Waals surface area contributed by atoms with E-state index in [1.165, 1.54) is 0 Å². The summed E-state index contributed by atoms with van der Waals surface area (Å²) in [7, 11) is 0. The summed E-state index contributed by atoms with van der Waals surface area (Å²) in [4.78, 5) is 15.7. The fourth-order valence-electron chi connectivity index (χ4n) is 2.12. The number of hydrogen-bond donors (Lipinski definition) is 2. The quantitative estimate of drug-likeness (QED) is 0.886. The fraction of sp³-hybridized carbons (Fsp3) is 0.250. The van der Waals surface area contributed by atoms with E-state index in [1.807, 2.05) is 31.2 Å². The lowest BCUT2D eigenvalue weighted by Crippen LogP contribution is -2.11. The summed E-state index contributed by atoms with van der Waals surface area (Å²) in [5.41, 5.74) is 1.71. The molecule has 0 aliphatic carbocycles. The third-order valence-electron chi connectivity index (χ3n) is 3.17. The van der Waals surface area contributed by atoms with E-state index < -0.39 is 0 Å². The van der Waals surface area contributed by atoms with Crippen LogP contribution in [0.25, 0.3) is 0 Å². The van der Waals surface area contributed by atoms with E-state index >= 15 is 0 Å². The molecular formula is C16H17N3O3. The van der Waals surface area contributed by atoms with Crippen molar-refractivity contribution in [2.75, 3.05) is 17.4 Å². The third-order valence-corrected chi connectivity index (χ3v) is 3.17. The van der Waals surface area contributed by atoms with E-state index in [0.29, 0.717) is 12.2 Å². The van der Waals surface area contributed by atoms with E-state index in [4.69, 9.17) is 9.47 Å². The Balaban J connectivity index is 1.64. The zero-order valence-corrected chi connectivity index (χ0v) is 12.3. The minimum atomic E-state index is -0.0218. The summed E-state index contributed by atoms with van der Waals surface area (Å²) in [5, 5.41) is 5.98. The average molecular weight is 299 g/mol. The number of aromatic nitrogens is 1. The summed E-state index contributed by atoms with van der Waals surface area (Å²) in [6, 6.07) is 9.27. The summed E-state index contributed by atoms with van der Waals surface area (Å²) >= 11 is 0. The predicted octanol–water partition coefficient (Wildman–Crippen LogP) is 3.29. The molecule has 0 unspecified atom stereocenters. The normalized spacial score (nSPS) is 12.0. The molecule has 0 saturated carbocycles. The lowest BCUT2D eigenvalue weighted by molar-refractivity contribution is -0.116. The summed E-state index contributed by atoms with van der Waals surface area (Å²) in [6.07, 6.45) is 2.99. The molecule has 0 bridgehead atoms. The molecule has 0 radical (unpaired) electrons. The molecular weight excluding hydrogens is 282 g/mol. The summed E-state index contributed by atoms with van der Waals surface area (Å²) < 4.78 is 10.6. The van der Waals surface area contributed by atoms with Crippen LogP contribution >= 0.6 is 0 Å². The third kappa shape index (κ3) is 3.28. The Morgan fingerprint density at radius 1 is 1.18 bits per heavy atom. The highest BCUT2D eigenvalue weighted by atomic mass is 16.7. The second-order valence-electron chi connectivity index (χ2n) is 4.92. The average Bonchev–Trinajstić information content (AvgIpc) is 2.97. The van der Waals surface area contributed by atoms with E-state index in [1.54, 1.807) is 12.3 Å². The molecule has 0 atom stereocenters. The predicted molar refractivity (Wildman–Crippen MR) is 83.6 cm³/mol. The van der Waals surface area contributed by atoms with Gasteiger partial charge in [0, 0.05) is 18.2 Å². The molecule has 1 amide bonds.